The normalized spacial score (nSPS) is 36.2. The number of hydrogen-bond acceptors (Lipinski definition) is 7. The zero-order valence-electron chi connectivity index (χ0n) is 11.2. The van der Waals surface area contributed by atoms with Crippen molar-refractivity contribution in [3.05, 3.63) is 34.9 Å². The van der Waals surface area contributed by atoms with Gasteiger partial charge in [-0.05, 0) is 25.0 Å². The van der Waals surface area contributed by atoms with Gasteiger partial charge in [-0.25, -0.2) is 4.90 Å². The van der Waals surface area contributed by atoms with Crippen molar-refractivity contribution in [2.75, 3.05) is 0 Å². The maximum absolute atomic E-state index is 10.4. The Balaban J connectivity index is 1.91. The van der Waals surface area contributed by atoms with Crippen LogP contribution in [0.1, 0.15) is 42.0 Å². The summed E-state index contributed by atoms with van der Waals surface area (Å²) >= 11 is 0. The van der Waals surface area contributed by atoms with Crippen LogP contribution in [0.3, 0.4) is 0 Å². The van der Waals surface area contributed by atoms with E-state index >= 15 is 0 Å². The first-order valence-electron chi connectivity index (χ1n) is 6.82. The maximum atomic E-state index is 10.4. The largest absolute Gasteiger partial charge is 0.379 e. The van der Waals surface area contributed by atoms with E-state index in [0.29, 0.717) is 29.5 Å². The second-order valence-corrected chi connectivity index (χ2v) is 5.42. The van der Waals surface area contributed by atoms with Crippen LogP contribution in [0.15, 0.2) is 18.2 Å². The molecular weight excluding hydrogens is 274 g/mol. The zero-order chi connectivity index (χ0) is 15.1. The summed E-state index contributed by atoms with van der Waals surface area (Å²) in [6.07, 6.45) is -3.15. The third-order valence-electron chi connectivity index (χ3n) is 4.18. The molecule has 0 spiro atoms. The van der Waals surface area contributed by atoms with E-state index in [1.807, 2.05) is 6.07 Å². The van der Waals surface area contributed by atoms with Gasteiger partial charge in [0, 0.05) is 11.1 Å². The molecule has 0 bridgehead atoms. The lowest BCUT2D eigenvalue weighted by atomic mass is 10.0. The number of piperidine rings is 1. The van der Waals surface area contributed by atoms with Crippen LogP contribution in [-0.4, -0.2) is 43.8 Å². The molecule has 0 radical (unpaired) electrons. The highest BCUT2D eigenvalue weighted by Gasteiger charge is 2.44. The third kappa shape index (κ3) is 2.32. The molecule has 112 valence electrons. The Kier molecular flexibility index (Phi) is 3.67. The summed E-state index contributed by atoms with van der Waals surface area (Å²) in [5.41, 5.74) is 1.40. The first-order chi connectivity index (χ1) is 10.0. The van der Waals surface area contributed by atoms with Gasteiger partial charge in [0.25, 0.3) is 0 Å². The second kappa shape index (κ2) is 5.35. The fourth-order valence-electron chi connectivity index (χ4n) is 3.11. The Hall–Kier alpha value is -1.53. The molecule has 0 aromatic heterocycles. The Morgan fingerprint density at radius 1 is 1.10 bits per heavy atom. The number of nitriles is 1. The van der Waals surface area contributed by atoms with Gasteiger partial charge in [-0.15, -0.1) is 0 Å². The minimum Gasteiger partial charge on any atom is -0.379 e. The number of hydrogen-bond donors (Lipinski definition) is 5. The molecule has 1 fully saturated rings. The lowest BCUT2D eigenvalue weighted by molar-refractivity contribution is -0.159. The van der Waals surface area contributed by atoms with E-state index < -0.39 is 31.0 Å². The van der Waals surface area contributed by atoms with E-state index in [-0.39, 0.29) is 0 Å². The summed E-state index contributed by atoms with van der Waals surface area (Å²) < 4.78 is 0. The zero-order valence-corrected chi connectivity index (χ0v) is 11.2. The monoisotopic (exact) mass is 291 g/mol. The average Bonchev–Trinajstić information content (AvgIpc) is 2.71. The molecule has 7 nitrogen and oxygen atoms in total. The molecule has 1 aromatic carbocycles. The summed E-state index contributed by atoms with van der Waals surface area (Å²) in [4.78, 5) is 1.40. The quantitative estimate of drug-likeness (QED) is 0.461. The molecule has 5 unspecified atom stereocenters. The summed E-state index contributed by atoms with van der Waals surface area (Å²) in [6, 6.07) is 6.20. The molecule has 5 atom stereocenters. The maximum Gasteiger partial charge on any atom is 0.136 e. The number of fused-ring (bicyclic) bond motifs is 1. The molecule has 1 aromatic rings. The van der Waals surface area contributed by atoms with Crippen LogP contribution in [0.4, 0.5) is 0 Å². The molecule has 3 rings (SSSR count). The predicted octanol–water partition coefficient (Wildman–Crippen LogP) is -0.756. The van der Waals surface area contributed by atoms with Crippen LogP contribution in [0.2, 0.25) is 0 Å². The van der Waals surface area contributed by atoms with Gasteiger partial charge in [0.05, 0.1) is 17.7 Å². The molecular formula is C14H17N3O4. The topological polar surface area (TPSA) is 120 Å². The average molecular weight is 291 g/mol. The fourth-order valence-corrected chi connectivity index (χ4v) is 3.11. The van der Waals surface area contributed by atoms with E-state index in [2.05, 4.69) is 5.32 Å². The van der Waals surface area contributed by atoms with Gasteiger partial charge in [0.2, 0.25) is 0 Å². The number of rotatable bonds is 1. The number of benzene rings is 1. The molecule has 21 heavy (non-hydrogen) atoms. The molecule has 1 saturated heterocycles. The molecule has 0 amide bonds. The summed E-state index contributed by atoms with van der Waals surface area (Å²) in [6.45, 7) is 0. The molecule has 7 heteroatoms. The molecule has 5 N–H and O–H groups in total. The predicted molar refractivity (Wildman–Crippen MR) is 71.1 cm³/mol. The van der Waals surface area contributed by atoms with E-state index in [9.17, 15) is 20.4 Å². The van der Waals surface area contributed by atoms with Gasteiger partial charge in [-0.3, -0.25) is 5.32 Å². The van der Waals surface area contributed by atoms with E-state index in [0.717, 1.165) is 0 Å². The first-order valence-corrected chi connectivity index (χ1v) is 6.82. The van der Waals surface area contributed by atoms with Gasteiger partial charge in [0.15, 0.2) is 0 Å². The highest BCUT2D eigenvalue weighted by molar-refractivity contribution is 5.42. The van der Waals surface area contributed by atoms with Crippen molar-refractivity contribution in [1.29, 1.82) is 5.26 Å². The van der Waals surface area contributed by atoms with Crippen LogP contribution in [0.5, 0.6) is 0 Å². The lowest BCUT2D eigenvalue weighted by Gasteiger charge is -2.40. The number of aliphatic hydroxyl groups is 4. The Morgan fingerprint density at radius 2 is 1.81 bits per heavy atom. The van der Waals surface area contributed by atoms with Crippen LogP contribution >= 0.6 is 0 Å². The standard InChI is InChI=1S/C14H17N3O4/c15-6-7-1-2-8-9(5-7)14(21)17(13(8)20)10-3-4-11(18)16-12(10)19/h1-2,5,10-14,16,18-21H,3-4H2. The van der Waals surface area contributed by atoms with Crippen molar-refractivity contribution in [2.24, 2.45) is 0 Å². The molecule has 0 aliphatic carbocycles. The van der Waals surface area contributed by atoms with E-state index in [1.165, 1.54) is 4.90 Å². The van der Waals surface area contributed by atoms with Crippen molar-refractivity contribution in [3.63, 3.8) is 0 Å². The second-order valence-electron chi connectivity index (χ2n) is 5.42. The summed E-state index contributed by atoms with van der Waals surface area (Å²) in [7, 11) is 0. The van der Waals surface area contributed by atoms with E-state index in [4.69, 9.17) is 5.26 Å². The van der Waals surface area contributed by atoms with Gasteiger partial charge < -0.3 is 20.4 Å². The smallest absolute Gasteiger partial charge is 0.136 e. The third-order valence-corrected chi connectivity index (χ3v) is 4.18. The van der Waals surface area contributed by atoms with Crippen molar-refractivity contribution in [3.8, 4) is 6.07 Å². The van der Waals surface area contributed by atoms with Gasteiger partial charge in [0.1, 0.15) is 24.9 Å². The molecule has 2 aliphatic rings. The van der Waals surface area contributed by atoms with Crippen molar-refractivity contribution in [2.45, 2.75) is 43.8 Å². The Morgan fingerprint density at radius 3 is 2.48 bits per heavy atom. The van der Waals surface area contributed by atoms with Gasteiger partial charge in [-0.2, -0.15) is 5.26 Å². The Bertz CT molecular complexity index is 588. The van der Waals surface area contributed by atoms with E-state index in [1.54, 1.807) is 18.2 Å². The van der Waals surface area contributed by atoms with Crippen molar-refractivity contribution in [1.82, 2.24) is 10.2 Å². The first kappa shape index (κ1) is 14.4. The van der Waals surface area contributed by atoms with Gasteiger partial charge >= 0.3 is 0 Å². The molecule has 2 heterocycles. The molecule has 0 saturated carbocycles. The SMILES string of the molecule is N#Cc1ccc2c(c1)C(O)N(C1CCC(O)NC1O)C2O. The van der Waals surface area contributed by atoms with Crippen molar-refractivity contribution < 1.29 is 20.4 Å². The van der Waals surface area contributed by atoms with Crippen LogP contribution in [-0.2, 0) is 0 Å². The van der Waals surface area contributed by atoms with Crippen molar-refractivity contribution >= 4 is 0 Å². The van der Waals surface area contributed by atoms with Crippen LogP contribution in [0.25, 0.3) is 0 Å². The fraction of sp³-hybridized carbons (Fsp3) is 0.500. The Labute approximate surface area is 121 Å². The van der Waals surface area contributed by atoms with Gasteiger partial charge in [-0.1, -0.05) is 6.07 Å². The summed E-state index contributed by atoms with van der Waals surface area (Å²) in [5, 5.41) is 51.8. The minimum absolute atomic E-state index is 0.402. The number of nitrogens with zero attached hydrogens (tertiary/aromatic N) is 2. The van der Waals surface area contributed by atoms with Crippen LogP contribution < -0.4 is 5.32 Å². The highest BCUT2D eigenvalue weighted by atomic mass is 16.3. The minimum atomic E-state index is -1.10. The summed E-state index contributed by atoms with van der Waals surface area (Å²) in [5.74, 6) is 0. The number of nitrogens with one attached hydrogen (secondary N) is 1. The lowest BCUT2D eigenvalue weighted by Crippen LogP contribution is -2.57. The number of aliphatic hydroxyl groups excluding tert-OH is 4. The highest BCUT2D eigenvalue weighted by Crippen LogP contribution is 2.42. The van der Waals surface area contributed by atoms with Crippen LogP contribution in [0, 0.1) is 11.3 Å². The molecule has 2 aliphatic heterocycles.